The number of hydrogen-bond acceptors (Lipinski definition) is 13. The lowest BCUT2D eigenvalue weighted by Gasteiger charge is -2.43. The van der Waals surface area contributed by atoms with Gasteiger partial charge in [0, 0.05) is 61.9 Å². The SMILES string of the molecule is CC[C@H](C)C(C)C(O)N(C)CC(=O)N(C)CC(=O)N(C)[C@@H](CC1CCCCC1)C(=O)N(C)CC(=O)N[C@@H](CCc1ccc(C(F)(F)F)c(Cl)c1)C(=O)N1CCC[C@H]1C(=O)NC1(C(=O)N(C)[C@H](C(=O)N(C)[C@@H](CC(=O)N(C)[C@@H](CC2CCCC2)C(N)=O)C(=O)N2CCCCC2)C2CCCCC2)CCCC1. The standard InChI is InChI=1S/C76H120ClF3N12O12/c1-11-49(2)50(3)69(99)86(6)47-64(95)84(4)48-65(96)88(8)60(44-52-26-15-12-16-27-52)71(101)85(5)46-62(93)82-57(36-34-53-33-35-55(56(77)42-53)76(78,79)80)70(100)92-41-25-32-58(92)68(98)83-75(37-21-22-38-75)74(104)90(10)66(54-30-17-13-18-31-54)73(103)89(9)61(72(102)91-39-23-14-24-40-91)45-63(94)87(7)59(67(81)97)43-51-28-19-20-29-51/h33,35,42,49-52,54,57-61,66,69,99H,11-32,34,36-41,43-48H2,1-10H3,(H2,81,97)(H,82,93)(H,83,98)/t49-,50?,57-,58-,59-,60-,61-,66-,69?/m0/s1. The van der Waals surface area contributed by atoms with Crippen LogP contribution in [0.25, 0.3) is 0 Å². The molecule has 104 heavy (non-hydrogen) atoms. The first-order valence-corrected chi connectivity index (χ1v) is 38.9. The molecule has 9 atom stereocenters. The molecule has 6 fully saturated rings. The highest BCUT2D eigenvalue weighted by Gasteiger charge is 2.51. The van der Waals surface area contributed by atoms with Gasteiger partial charge in [-0.25, -0.2) is 0 Å². The van der Waals surface area contributed by atoms with E-state index < -0.39 is 143 Å². The second-order valence-electron chi connectivity index (χ2n) is 31.3. The second kappa shape index (κ2) is 38.8. The molecule has 2 heterocycles. The van der Waals surface area contributed by atoms with Crippen molar-refractivity contribution in [3.8, 4) is 0 Å². The van der Waals surface area contributed by atoms with Crippen LogP contribution in [0.15, 0.2) is 18.2 Å². The molecule has 0 bridgehead atoms. The Bertz CT molecular complexity index is 3140. The van der Waals surface area contributed by atoms with Gasteiger partial charge in [0.05, 0.1) is 36.6 Å². The molecule has 1 aromatic rings. The number of carbonyl (C=O) groups excluding carboxylic acids is 11. The van der Waals surface area contributed by atoms with Gasteiger partial charge in [-0.05, 0) is 138 Å². The Labute approximate surface area is 619 Å². The Morgan fingerprint density at radius 3 is 1.78 bits per heavy atom. The van der Waals surface area contributed by atoms with Crippen molar-refractivity contribution >= 4 is 76.6 Å². The molecule has 5 N–H and O–H groups in total. The summed E-state index contributed by atoms with van der Waals surface area (Å²) in [5, 5.41) is 16.3. The lowest BCUT2D eigenvalue weighted by atomic mass is 9.81. The number of alkyl halides is 3. The molecule has 28 heteroatoms. The molecule has 2 unspecified atom stereocenters. The topological polar surface area (TPSA) is 287 Å². The summed E-state index contributed by atoms with van der Waals surface area (Å²) in [7, 11) is 10.5. The van der Waals surface area contributed by atoms with Crippen molar-refractivity contribution in [3.63, 3.8) is 0 Å². The summed E-state index contributed by atoms with van der Waals surface area (Å²) in [6, 6.07) is -3.83. The highest BCUT2D eigenvalue weighted by molar-refractivity contribution is 6.31. The van der Waals surface area contributed by atoms with Crippen LogP contribution in [0.1, 0.15) is 212 Å². The van der Waals surface area contributed by atoms with Crippen molar-refractivity contribution in [2.24, 2.45) is 35.3 Å². The van der Waals surface area contributed by atoms with E-state index in [1.165, 1.54) is 82.7 Å². The van der Waals surface area contributed by atoms with E-state index in [4.69, 9.17) is 17.3 Å². The molecule has 584 valence electrons. The number of hydrogen-bond donors (Lipinski definition) is 4. The van der Waals surface area contributed by atoms with Crippen molar-refractivity contribution in [2.75, 3.05) is 88.6 Å². The summed E-state index contributed by atoms with van der Waals surface area (Å²) >= 11 is 6.18. The van der Waals surface area contributed by atoms with Crippen LogP contribution in [0.2, 0.25) is 5.02 Å². The molecule has 6 aliphatic rings. The van der Waals surface area contributed by atoms with E-state index in [2.05, 4.69) is 10.6 Å². The fourth-order valence-corrected chi connectivity index (χ4v) is 17.2. The first kappa shape index (κ1) is 84.6. The summed E-state index contributed by atoms with van der Waals surface area (Å²) < 4.78 is 41.7. The number of amides is 11. The molecule has 2 saturated heterocycles. The third-order valence-corrected chi connectivity index (χ3v) is 24.3. The Morgan fingerprint density at radius 2 is 1.20 bits per heavy atom. The minimum absolute atomic E-state index is 0.0403. The fourth-order valence-electron chi connectivity index (χ4n) is 16.9. The van der Waals surface area contributed by atoms with Gasteiger partial charge in [0.25, 0.3) is 0 Å². The number of aryl methyl sites for hydroxylation is 1. The van der Waals surface area contributed by atoms with E-state index in [1.807, 2.05) is 20.8 Å². The summed E-state index contributed by atoms with van der Waals surface area (Å²) in [5.41, 5.74) is 3.63. The monoisotopic (exact) mass is 1480 g/mol. The maximum absolute atomic E-state index is 15.7. The maximum Gasteiger partial charge on any atom is 0.417 e. The largest absolute Gasteiger partial charge is 0.417 e. The van der Waals surface area contributed by atoms with Crippen LogP contribution in [-0.2, 0) is 65.3 Å². The van der Waals surface area contributed by atoms with Gasteiger partial charge in [-0.3, -0.25) is 57.6 Å². The Morgan fingerprint density at radius 1 is 0.635 bits per heavy atom. The van der Waals surface area contributed by atoms with Gasteiger partial charge in [0.1, 0.15) is 48.0 Å². The highest BCUT2D eigenvalue weighted by Crippen LogP contribution is 2.39. The number of aliphatic hydroxyl groups excluding tert-OH is 1. The van der Waals surface area contributed by atoms with E-state index in [-0.39, 0.29) is 87.7 Å². The molecule has 0 aromatic heterocycles. The van der Waals surface area contributed by atoms with Gasteiger partial charge in [-0.15, -0.1) is 0 Å². The quantitative estimate of drug-likeness (QED) is 0.0501. The lowest BCUT2D eigenvalue weighted by Crippen LogP contribution is -2.65. The third kappa shape index (κ3) is 22.0. The van der Waals surface area contributed by atoms with Gasteiger partial charge in [-0.1, -0.05) is 135 Å². The van der Waals surface area contributed by atoms with Crippen molar-refractivity contribution in [1.29, 1.82) is 0 Å². The maximum atomic E-state index is 15.7. The average Bonchev–Trinajstić information content (AvgIpc) is 1.55. The molecular weight excluding hydrogens is 1370 g/mol. The number of benzene rings is 1. The van der Waals surface area contributed by atoms with E-state index in [0.717, 1.165) is 120 Å². The van der Waals surface area contributed by atoms with Gasteiger partial charge < -0.3 is 60.7 Å². The number of nitrogens with two attached hydrogens (primary N) is 1. The van der Waals surface area contributed by atoms with Crippen molar-refractivity contribution in [1.82, 2.24) is 54.7 Å². The number of likely N-dealkylation sites (tertiary alicyclic amines) is 2. The molecule has 7 rings (SSSR count). The molecule has 4 saturated carbocycles. The summed E-state index contributed by atoms with van der Waals surface area (Å²) in [6.45, 7) is 5.69. The zero-order valence-corrected chi connectivity index (χ0v) is 64.2. The Hall–Kier alpha value is -6.61. The number of nitrogens with one attached hydrogen (secondary N) is 2. The molecule has 4 aliphatic carbocycles. The van der Waals surface area contributed by atoms with Gasteiger partial charge in [-0.2, -0.15) is 13.2 Å². The number of likely N-dealkylation sites (N-methyl/N-ethyl adjacent to an activating group) is 7. The number of aliphatic hydroxyl groups is 1. The molecule has 0 spiro atoms. The predicted molar refractivity (Wildman–Crippen MR) is 388 cm³/mol. The average molecular weight is 1490 g/mol. The number of nitrogens with zero attached hydrogens (tertiary/aromatic N) is 9. The van der Waals surface area contributed by atoms with Crippen LogP contribution in [-0.4, -0.2) is 251 Å². The third-order valence-electron chi connectivity index (χ3n) is 24.0. The van der Waals surface area contributed by atoms with Crippen LogP contribution in [0.4, 0.5) is 13.2 Å². The van der Waals surface area contributed by atoms with Crippen molar-refractivity contribution in [2.45, 2.75) is 261 Å². The first-order valence-electron chi connectivity index (χ1n) is 38.5. The van der Waals surface area contributed by atoms with Crippen molar-refractivity contribution in [3.05, 3.63) is 34.3 Å². The Balaban J connectivity index is 1.11. The number of primary amides is 1. The minimum atomic E-state index is -4.76. The smallest absolute Gasteiger partial charge is 0.378 e. The van der Waals surface area contributed by atoms with Gasteiger partial charge in [0.15, 0.2) is 0 Å². The van der Waals surface area contributed by atoms with Crippen LogP contribution >= 0.6 is 11.6 Å². The highest BCUT2D eigenvalue weighted by atomic mass is 35.5. The minimum Gasteiger partial charge on any atom is -0.378 e. The molecule has 1 aromatic carbocycles. The van der Waals surface area contributed by atoms with E-state index >= 15 is 19.2 Å². The van der Waals surface area contributed by atoms with Crippen LogP contribution < -0.4 is 16.4 Å². The first-order chi connectivity index (χ1) is 49.2. The number of carbonyl (C=O) groups is 11. The van der Waals surface area contributed by atoms with Crippen LogP contribution in [0.3, 0.4) is 0 Å². The second-order valence-corrected chi connectivity index (χ2v) is 31.7. The zero-order valence-electron chi connectivity index (χ0n) is 63.5. The molecule has 2 aliphatic heterocycles. The van der Waals surface area contributed by atoms with E-state index in [1.54, 1.807) is 11.9 Å². The van der Waals surface area contributed by atoms with Crippen molar-refractivity contribution < 1.29 is 71.0 Å². The molecule has 24 nitrogen and oxygen atoms in total. The summed E-state index contributed by atoms with van der Waals surface area (Å²) in [4.78, 5) is 173. The predicted octanol–water partition coefficient (Wildman–Crippen LogP) is 7.37. The van der Waals surface area contributed by atoms with E-state index in [0.29, 0.717) is 57.2 Å². The normalized spacial score (nSPS) is 20.6. The lowest BCUT2D eigenvalue weighted by molar-refractivity contribution is -0.157. The molecule has 11 amide bonds. The fraction of sp³-hybridized carbons (Fsp3) is 0.776. The van der Waals surface area contributed by atoms with Gasteiger partial charge >= 0.3 is 6.18 Å². The van der Waals surface area contributed by atoms with Crippen LogP contribution in [0.5, 0.6) is 0 Å². The van der Waals surface area contributed by atoms with Gasteiger partial charge in [0.2, 0.25) is 65.0 Å². The van der Waals surface area contributed by atoms with Crippen LogP contribution in [0, 0.1) is 29.6 Å². The number of rotatable bonds is 33. The molecular formula is C76H120ClF3N12O12. The number of piperidine rings is 1. The Kier molecular flexibility index (Phi) is 31.6. The zero-order chi connectivity index (χ0) is 76.5. The number of halogens is 4. The summed E-state index contributed by atoms with van der Waals surface area (Å²) in [6.07, 6.45) is 11.4. The summed E-state index contributed by atoms with van der Waals surface area (Å²) in [5.74, 6) is -6.44. The van der Waals surface area contributed by atoms with E-state index in [9.17, 15) is 51.8 Å². The molecule has 0 radical (unpaired) electrons.